The lowest BCUT2D eigenvalue weighted by Gasteiger charge is -2.22. The third-order valence-corrected chi connectivity index (χ3v) is 4.71. The molecule has 2 aromatic rings. The Morgan fingerprint density at radius 2 is 1.80 bits per heavy atom. The third-order valence-electron chi connectivity index (χ3n) is 4.46. The van der Waals surface area contributed by atoms with E-state index in [-0.39, 0.29) is 24.8 Å². The fraction of sp³-hybridized carbons (Fsp3) is 0.500. The highest BCUT2D eigenvalue weighted by atomic mass is 35.5. The van der Waals surface area contributed by atoms with E-state index in [0.29, 0.717) is 0 Å². The first-order chi connectivity index (χ1) is 11.2. The number of nitrogens with one attached hydrogen (secondary N) is 2. The molecule has 2 N–H and O–H groups in total. The first kappa shape index (κ1) is 22.1. The molecule has 25 heavy (non-hydrogen) atoms. The number of anilines is 2. The van der Waals surface area contributed by atoms with E-state index in [1.165, 1.54) is 32.1 Å². The minimum atomic E-state index is 0. The molecule has 1 heterocycles. The zero-order valence-electron chi connectivity index (χ0n) is 14.5. The summed E-state index contributed by atoms with van der Waals surface area (Å²) >= 11 is 5.97. The van der Waals surface area contributed by atoms with E-state index < -0.39 is 0 Å². The summed E-state index contributed by atoms with van der Waals surface area (Å²) in [5.41, 5.74) is 2.11. The Morgan fingerprint density at radius 1 is 1.12 bits per heavy atom. The summed E-state index contributed by atoms with van der Waals surface area (Å²) in [4.78, 5) is 0. The molecule has 1 aliphatic carbocycles. The number of benzene rings is 1. The van der Waals surface area contributed by atoms with E-state index >= 15 is 0 Å². The van der Waals surface area contributed by atoms with Gasteiger partial charge in [-0.3, -0.25) is 0 Å². The maximum absolute atomic E-state index is 5.97. The van der Waals surface area contributed by atoms with Crippen molar-refractivity contribution in [3.05, 3.63) is 41.0 Å². The van der Waals surface area contributed by atoms with Gasteiger partial charge in [-0.15, -0.1) is 24.8 Å². The van der Waals surface area contributed by atoms with Crippen molar-refractivity contribution in [1.82, 2.24) is 15.1 Å². The molecule has 1 aromatic carbocycles. The van der Waals surface area contributed by atoms with Crippen molar-refractivity contribution in [1.29, 1.82) is 0 Å². The molecule has 0 saturated heterocycles. The van der Waals surface area contributed by atoms with E-state index in [1.807, 2.05) is 31.3 Å². The quantitative estimate of drug-likeness (QED) is 0.674. The lowest BCUT2D eigenvalue weighted by Crippen LogP contribution is -2.17. The predicted molar refractivity (Wildman–Crippen MR) is 111 cm³/mol. The second-order valence-electron chi connectivity index (χ2n) is 6.37. The Balaban J connectivity index is 0.00000156. The SMILES string of the molecule is CNCc1cc(Nc2ccc(Cl)cc2)n(CC2CCCCC2)n1.Cl.Cl. The Hall–Kier alpha value is -0.940. The topological polar surface area (TPSA) is 41.9 Å². The molecule has 1 aliphatic rings. The highest BCUT2D eigenvalue weighted by Gasteiger charge is 2.17. The van der Waals surface area contributed by atoms with Crippen LogP contribution in [0.4, 0.5) is 11.5 Å². The first-order valence-corrected chi connectivity index (χ1v) is 8.86. The number of aromatic nitrogens is 2. The summed E-state index contributed by atoms with van der Waals surface area (Å²) in [6.45, 7) is 1.78. The number of rotatable bonds is 6. The molecule has 7 heteroatoms. The average Bonchev–Trinajstić information content (AvgIpc) is 2.92. The second-order valence-corrected chi connectivity index (χ2v) is 6.81. The Labute approximate surface area is 167 Å². The molecule has 3 rings (SSSR count). The van der Waals surface area contributed by atoms with Gasteiger partial charge < -0.3 is 10.6 Å². The van der Waals surface area contributed by atoms with Crippen LogP contribution >= 0.6 is 36.4 Å². The summed E-state index contributed by atoms with van der Waals surface area (Å²) in [6, 6.07) is 9.93. The maximum Gasteiger partial charge on any atom is 0.128 e. The van der Waals surface area contributed by atoms with Crippen LogP contribution < -0.4 is 10.6 Å². The highest BCUT2D eigenvalue weighted by Crippen LogP contribution is 2.27. The number of hydrogen-bond acceptors (Lipinski definition) is 3. The summed E-state index contributed by atoms with van der Waals surface area (Å²) in [6.07, 6.45) is 6.74. The van der Waals surface area contributed by atoms with E-state index in [9.17, 15) is 0 Å². The molecule has 0 spiro atoms. The van der Waals surface area contributed by atoms with Crippen molar-refractivity contribution in [3.8, 4) is 0 Å². The number of hydrogen-bond donors (Lipinski definition) is 2. The van der Waals surface area contributed by atoms with Gasteiger partial charge in [0.2, 0.25) is 0 Å². The molecule has 0 bridgehead atoms. The van der Waals surface area contributed by atoms with Crippen LogP contribution in [0.1, 0.15) is 37.8 Å². The van der Waals surface area contributed by atoms with Crippen LogP contribution in [0.3, 0.4) is 0 Å². The zero-order valence-corrected chi connectivity index (χ0v) is 16.9. The van der Waals surface area contributed by atoms with Crippen LogP contribution in [0.25, 0.3) is 0 Å². The van der Waals surface area contributed by atoms with E-state index in [4.69, 9.17) is 16.7 Å². The normalized spacial score (nSPS) is 14.5. The van der Waals surface area contributed by atoms with Crippen molar-refractivity contribution in [2.75, 3.05) is 12.4 Å². The van der Waals surface area contributed by atoms with E-state index in [2.05, 4.69) is 21.4 Å². The Kier molecular flexibility index (Phi) is 9.65. The average molecular weight is 406 g/mol. The van der Waals surface area contributed by atoms with Gasteiger partial charge in [-0.1, -0.05) is 30.9 Å². The molecule has 0 aliphatic heterocycles. The van der Waals surface area contributed by atoms with Gasteiger partial charge in [-0.25, -0.2) is 4.68 Å². The monoisotopic (exact) mass is 404 g/mol. The Morgan fingerprint density at radius 3 is 2.44 bits per heavy atom. The van der Waals surface area contributed by atoms with Gasteiger partial charge in [0.05, 0.1) is 5.69 Å². The van der Waals surface area contributed by atoms with Gasteiger partial charge in [-0.05, 0) is 50.1 Å². The standard InChI is InChI=1S/C18H25ClN4.2ClH/c1-20-12-17-11-18(21-16-9-7-15(19)8-10-16)23(22-17)13-14-5-3-2-4-6-14;;/h7-11,14,20-21H,2-6,12-13H2,1H3;2*1H. The molecule has 0 atom stereocenters. The van der Waals surface area contributed by atoms with Crippen molar-refractivity contribution in [2.24, 2.45) is 5.92 Å². The third kappa shape index (κ3) is 6.37. The van der Waals surface area contributed by atoms with E-state index in [1.54, 1.807) is 0 Å². The minimum Gasteiger partial charge on any atom is -0.340 e. The smallest absolute Gasteiger partial charge is 0.128 e. The summed E-state index contributed by atoms with van der Waals surface area (Å²) in [5.74, 6) is 1.81. The van der Waals surface area contributed by atoms with Gasteiger partial charge in [-0.2, -0.15) is 5.10 Å². The fourth-order valence-corrected chi connectivity index (χ4v) is 3.40. The summed E-state index contributed by atoms with van der Waals surface area (Å²) in [7, 11) is 1.95. The van der Waals surface area contributed by atoms with Crippen molar-refractivity contribution in [2.45, 2.75) is 45.2 Å². The molecule has 140 valence electrons. The predicted octanol–water partition coefficient (Wildman–Crippen LogP) is 5.42. The number of halogens is 3. The molecule has 1 saturated carbocycles. The highest BCUT2D eigenvalue weighted by molar-refractivity contribution is 6.30. The van der Waals surface area contributed by atoms with Gasteiger partial charge in [0.1, 0.15) is 5.82 Å². The van der Waals surface area contributed by atoms with E-state index in [0.717, 1.165) is 41.2 Å². The first-order valence-electron chi connectivity index (χ1n) is 8.48. The fourth-order valence-electron chi connectivity index (χ4n) is 3.27. The molecule has 1 fully saturated rings. The lowest BCUT2D eigenvalue weighted by molar-refractivity contribution is 0.309. The van der Waals surface area contributed by atoms with Crippen LogP contribution in [-0.4, -0.2) is 16.8 Å². The molecular formula is C18H27Cl3N4. The lowest BCUT2D eigenvalue weighted by atomic mass is 9.89. The minimum absolute atomic E-state index is 0. The molecular weight excluding hydrogens is 379 g/mol. The molecule has 4 nitrogen and oxygen atoms in total. The second kappa shape index (κ2) is 10.9. The molecule has 0 amide bonds. The maximum atomic E-state index is 5.97. The van der Waals surface area contributed by atoms with Crippen LogP contribution in [0.2, 0.25) is 5.02 Å². The van der Waals surface area contributed by atoms with Gasteiger partial charge in [0.25, 0.3) is 0 Å². The van der Waals surface area contributed by atoms with Gasteiger partial charge in [0.15, 0.2) is 0 Å². The summed E-state index contributed by atoms with van der Waals surface area (Å²) < 4.78 is 2.14. The molecule has 1 aromatic heterocycles. The molecule has 0 radical (unpaired) electrons. The van der Waals surface area contributed by atoms with Crippen molar-refractivity contribution >= 4 is 47.9 Å². The zero-order chi connectivity index (χ0) is 16.1. The van der Waals surface area contributed by atoms with Crippen LogP contribution in [0.5, 0.6) is 0 Å². The van der Waals surface area contributed by atoms with Crippen molar-refractivity contribution < 1.29 is 0 Å². The number of nitrogens with zero attached hydrogens (tertiary/aromatic N) is 2. The van der Waals surface area contributed by atoms with Crippen LogP contribution in [0.15, 0.2) is 30.3 Å². The summed E-state index contributed by atoms with van der Waals surface area (Å²) in [5, 5.41) is 12.2. The largest absolute Gasteiger partial charge is 0.340 e. The van der Waals surface area contributed by atoms with Crippen molar-refractivity contribution in [3.63, 3.8) is 0 Å². The van der Waals surface area contributed by atoms with Gasteiger partial charge in [0, 0.05) is 29.9 Å². The molecule has 0 unspecified atom stereocenters. The van der Waals surface area contributed by atoms with Crippen LogP contribution in [-0.2, 0) is 13.1 Å². The Bertz CT molecular complexity index is 622. The van der Waals surface area contributed by atoms with Gasteiger partial charge >= 0.3 is 0 Å². The van der Waals surface area contributed by atoms with Crippen LogP contribution in [0, 0.1) is 5.92 Å².